The molecule has 1 aromatic heterocycles. The van der Waals surface area contributed by atoms with E-state index >= 15 is 0 Å². The van der Waals surface area contributed by atoms with Crippen LogP contribution >= 0.6 is 0 Å². The Morgan fingerprint density at radius 2 is 1.64 bits per heavy atom. The quantitative estimate of drug-likeness (QED) is 0.321. The highest BCUT2D eigenvalue weighted by atomic mass is 16.1. The number of rotatable bonds is 5. The van der Waals surface area contributed by atoms with Crippen LogP contribution < -0.4 is 21.9 Å². The Labute approximate surface area is 211 Å². The van der Waals surface area contributed by atoms with Crippen molar-refractivity contribution < 1.29 is 4.79 Å². The summed E-state index contributed by atoms with van der Waals surface area (Å²) in [7, 11) is 1.68. The third-order valence-electron chi connectivity index (χ3n) is 6.12. The van der Waals surface area contributed by atoms with Gasteiger partial charge in [-0.15, -0.1) is 0 Å². The van der Waals surface area contributed by atoms with Crippen LogP contribution in [0.1, 0.15) is 42.3 Å². The largest absolute Gasteiger partial charge is 0.399 e. The van der Waals surface area contributed by atoms with Gasteiger partial charge in [0.2, 0.25) is 0 Å². The van der Waals surface area contributed by atoms with E-state index in [-0.39, 0.29) is 22.7 Å². The molecule has 4 aromatic rings. The highest BCUT2D eigenvalue weighted by molar-refractivity contribution is 6.05. The SMILES string of the molecule is Cc1c(NC(=O)c2ccc(C(C)(C)C)cc2)cccc1-c1cn(C)c(=O)c(Nc2ccc(N)cc2)n1. The first kappa shape index (κ1) is 24.7. The second-order valence-corrected chi connectivity index (χ2v) is 9.90. The van der Waals surface area contributed by atoms with Crippen LogP contribution in [0.25, 0.3) is 11.3 Å². The Hall–Kier alpha value is -4.39. The van der Waals surface area contributed by atoms with Gasteiger partial charge in [0.1, 0.15) is 0 Å². The third-order valence-corrected chi connectivity index (χ3v) is 6.12. The lowest BCUT2D eigenvalue weighted by Gasteiger charge is -2.19. The van der Waals surface area contributed by atoms with E-state index in [1.54, 1.807) is 37.5 Å². The number of nitrogens with zero attached hydrogens (tertiary/aromatic N) is 2. The van der Waals surface area contributed by atoms with Gasteiger partial charge in [-0.05, 0) is 65.9 Å². The average molecular weight is 482 g/mol. The van der Waals surface area contributed by atoms with E-state index in [1.807, 2.05) is 49.4 Å². The smallest absolute Gasteiger partial charge is 0.293 e. The summed E-state index contributed by atoms with van der Waals surface area (Å²) in [5, 5.41) is 6.10. The first-order chi connectivity index (χ1) is 17.0. The van der Waals surface area contributed by atoms with Crippen LogP contribution in [0.2, 0.25) is 0 Å². The molecule has 36 heavy (non-hydrogen) atoms. The van der Waals surface area contributed by atoms with Gasteiger partial charge in [-0.25, -0.2) is 4.98 Å². The molecule has 0 spiro atoms. The predicted octanol–water partition coefficient (Wildman–Crippen LogP) is 5.63. The van der Waals surface area contributed by atoms with Crippen LogP contribution in [0.4, 0.5) is 22.9 Å². The minimum absolute atomic E-state index is 0.0181. The lowest BCUT2D eigenvalue weighted by molar-refractivity contribution is 0.102. The monoisotopic (exact) mass is 481 g/mol. The number of anilines is 4. The predicted molar refractivity (Wildman–Crippen MR) is 147 cm³/mol. The van der Waals surface area contributed by atoms with Crippen LogP contribution in [0.3, 0.4) is 0 Å². The van der Waals surface area contributed by atoms with Crippen molar-refractivity contribution in [3.8, 4) is 11.3 Å². The molecule has 4 N–H and O–H groups in total. The molecule has 184 valence electrons. The second kappa shape index (κ2) is 9.70. The molecule has 0 saturated heterocycles. The molecule has 7 nitrogen and oxygen atoms in total. The summed E-state index contributed by atoms with van der Waals surface area (Å²) in [6.07, 6.45) is 1.69. The standard InChI is InChI=1S/C29H31N5O2/c1-18-23(25-17-34(5)28(36)26(32-25)31-22-15-13-21(30)14-16-22)7-6-8-24(18)33-27(35)19-9-11-20(12-10-19)29(2,3)4/h6-17H,30H2,1-5H3,(H,31,32)(H,33,35). The molecule has 1 heterocycles. The number of nitrogen functional groups attached to an aromatic ring is 1. The van der Waals surface area contributed by atoms with Crippen LogP contribution in [-0.2, 0) is 12.5 Å². The van der Waals surface area contributed by atoms with Gasteiger partial charge >= 0.3 is 0 Å². The molecular formula is C29H31N5O2. The van der Waals surface area contributed by atoms with Crippen molar-refractivity contribution >= 4 is 28.8 Å². The third kappa shape index (κ3) is 5.30. The molecule has 0 unspecified atom stereocenters. The molecular weight excluding hydrogens is 450 g/mol. The van der Waals surface area contributed by atoms with Gasteiger partial charge in [0, 0.05) is 41.4 Å². The maximum Gasteiger partial charge on any atom is 0.293 e. The fourth-order valence-corrected chi connectivity index (χ4v) is 3.89. The summed E-state index contributed by atoms with van der Waals surface area (Å²) in [5.41, 5.74) is 11.6. The number of carbonyl (C=O) groups excluding carboxylic acids is 1. The number of benzene rings is 3. The first-order valence-electron chi connectivity index (χ1n) is 11.7. The number of amides is 1. The van der Waals surface area contributed by atoms with E-state index < -0.39 is 0 Å². The molecule has 0 radical (unpaired) electrons. The number of nitrogens with two attached hydrogens (primary N) is 1. The van der Waals surface area contributed by atoms with Gasteiger partial charge in [-0.2, -0.15) is 0 Å². The van der Waals surface area contributed by atoms with Crippen LogP contribution in [0.5, 0.6) is 0 Å². The summed E-state index contributed by atoms with van der Waals surface area (Å²) in [5.74, 6) is 0.0161. The minimum atomic E-state index is -0.253. The van der Waals surface area contributed by atoms with Crippen LogP contribution in [0, 0.1) is 6.92 Å². The van der Waals surface area contributed by atoms with Crippen molar-refractivity contribution in [2.45, 2.75) is 33.1 Å². The summed E-state index contributed by atoms with van der Waals surface area (Å²) >= 11 is 0. The zero-order valence-electron chi connectivity index (χ0n) is 21.2. The van der Waals surface area contributed by atoms with Crippen molar-refractivity contribution in [2.24, 2.45) is 7.05 Å². The van der Waals surface area contributed by atoms with Gasteiger partial charge in [0.25, 0.3) is 11.5 Å². The minimum Gasteiger partial charge on any atom is -0.399 e. The van der Waals surface area contributed by atoms with Crippen LogP contribution in [0.15, 0.2) is 77.7 Å². The van der Waals surface area contributed by atoms with Gasteiger partial charge < -0.3 is 20.9 Å². The fourth-order valence-electron chi connectivity index (χ4n) is 3.89. The number of carbonyl (C=O) groups is 1. The highest BCUT2D eigenvalue weighted by Crippen LogP contribution is 2.29. The molecule has 0 aliphatic heterocycles. The van der Waals surface area contributed by atoms with E-state index in [0.29, 0.717) is 28.3 Å². The Morgan fingerprint density at radius 1 is 0.972 bits per heavy atom. The van der Waals surface area contributed by atoms with Gasteiger partial charge in [0.15, 0.2) is 5.82 Å². The fraction of sp³-hybridized carbons (Fsp3) is 0.207. The topological polar surface area (TPSA) is 102 Å². The van der Waals surface area contributed by atoms with Gasteiger partial charge in [0.05, 0.1) is 5.69 Å². The average Bonchev–Trinajstić information content (AvgIpc) is 2.84. The number of aryl methyl sites for hydroxylation is 1. The van der Waals surface area contributed by atoms with Gasteiger partial charge in [-0.3, -0.25) is 9.59 Å². The lowest BCUT2D eigenvalue weighted by Crippen LogP contribution is -2.21. The Morgan fingerprint density at radius 3 is 2.28 bits per heavy atom. The Kier molecular flexibility index (Phi) is 6.66. The van der Waals surface area contributed by atoms with Crippen molar-refractivity contribution in [2.75, 3.05) is 16.4 Å². The Bertz CT molecular complexity index is 1460. The lowest BCUT2D eigenvalue weighted by atomic mass is 9.86. The van der Waals surface area contributed by atoms with Crippen molar-refractivity contribution in [3.05, 3.63) is 100.0 Å². The molecule has 7 heteroatoms. The van der Waals surface area contributed by atoms with Crippen molar-refractivity contribution in [1.29, 1.82) is 0 Å². The summed E-state index contributed by atoms with van der Waals surface area (Å²) < 4.78 is 1.49. The van der Waals surface area contributed by atoms with Gasteiger partial charge in [-0.1, -0.05) is 45.0 Å². The molecule has 0 aliphatic carbocycles. The number of nitrogens with one attached hydrogen (secondary N) is 2. The van der Waals surface area contributed by atoms with Crippen molar-refractivity contribution in [1.82, 2.24) is 9.55 Å². The van der Waals surface area contributed by atoms with E-state index in [1.165, 1.54) is 10.1 Å². The summed E-state index contributed by atoms with van der Waals surface area (Å²) in [6.45, 7) is 8.34. The van der Waals surface area contributed by atoms with E-state index in [0.717, 1.165) is 11.1 Å². The normalized spacial score (nSPS) is 11.2. The number of aromatic nitrogens is 2. The Balaban J connectivity index is 1.63. The zero-order chi connectivity index (χ0) is 26.0. The van der Waals surface area contributed by atoms with E-state index in [4.69, 9.17) is 5.73 Å². The molecule has 0 bridgehead atoms. The second-order valence-electron chi connectivity index (χ2n) is 9.90. The summed E-state index contributed by atoms with van der Waals surface area (Å²) in [4.78, 5) is 30.3. The number of hydrogen-bond acceptors (Lipinski definition) is 5. The summed E-state index contributed by atoms with van der Waals surface area (Å²) in [6, 6.07) is 20.4. The maximum absolute atomic E-state index is 13.0. The molecule has 0 atom stereocenters. The molecule has 0 saturated carbocycles. The van der Waals surface area contributed by atoms with Crippen molar-refractivity contribution in [3.63, 3.8) is 0 Å². The van der Waals surface area contributed by atoms with Crippen LogP contribution in [-0.4, -0.2) is 15.5 Å². The molecule has 0 fully saturated rings. The molecule has 0 aliphatic rings. The maximum atomic E-state index is 13.0. The molecule has 4 rings (SSSR count). The molecule has 1 amide bonds. The number of hydrogen-bond donors (Lipinski definition) is 3. The zero-order valence-corrected chi connectivity index (χ0v) is 21.2. The first-order valence-corrected chi connectivity index (χ1v) is 11.7. The van der Waals surface area contributed by atoms with E-state index in [2.05, 4.69) is 36.4 Å². The van der Waals surface area contributed by atoms with E-state index in [9.17, 15) is 9.59 Å². The molecule has 3 aromatic carbocycles. The highest BCUT2D eigenvalue weighted by Gasteiger charge is 2.16.